The van der Waals surface area contributed by atoms with E-state index in [0.717, 1.165) is 22.3 Å². The van der Waals surface area contributed by atoms with Crippen molar-refractivity contribution in [1.82, 2.24) is 5.32 Å². The van der Waals surface area contributed by atoms with Crippen molar-refractivity contribution >= 4 is 28.6 Å². The van der Waals surface area contributed by atoms with Crippen LogP contribution in [0.15, 0.2) is 28.7 Å². The van der Waals surface area contributed by atoms with Crippen molar-refractivity contribution in [2.24, 2.45) is 0 Å². The molecule has 1 saturated carbocycles. The molecule has 0 atom stereocenters. The number of rotatable bonds is 5. The lowest BCUT2D eigenvalue weighted by Gasteiger charge is -2.20. The standard InChI is InChI=1S/C19H21NO2S/c1-2-12-20-19(21)18-16(13-23-14-8-4-3-5-9-14)15-10-6-7-11-17(15)22-18/h1,6-7,10-11,14H,3-5,8-9,12-13H2,(H,20,21). The summed E-state index contributed by atoms with van der Waals surface area (Å²) < 4.78 is 5.80. The largest absolute Gasteiger partial charge is 0.451 e. The second kappa shape index (κ2) is 7.61. The van der Waals surface area contributed by atoms with Crippen LogP contribution in [0.25, 0.3) is 11.0 Å². The number of amides is 1. The summed E-state index contributed by atoms with van der Waals surface area (Å²) in [5.74, 6) is 3.42. The van der Waals surface area contributed by atoms with Gasteiger partial charge in [0.2, 0.25) is 0 Å². The highest BCUT2D eigenvalue weighted by atomic mass is 32.2. The molecular formula is C19H21NO2S. The van der Waals surface area contributed by atoms with Gasteiger partial charge in [0, 0.05) is 22.0 Å². The van der Waals surface area contributed by atoms with Crippen LogP contribution in [0.1, 0.15) is 48.2 Å². The smallest absolute Gasteiger partial charge is 0.288 e. The molecule has 1 aliphatic carbocycles. The zero-order valence-electron chi connectivity index (χ0n) is 13.1. The molecular weight excluding hydrogens is 306 g/mol. The van der Waals surface area contributed by atoms with Crippen molar-refractivity contribution in [2.75, 3.05) is 6.54 Å². The first-order valence-electron chi connectivity index (χ1n) is 8.13. The Labute approximate surface area is 141 Å². The second-order valence-corrected chi connectivity index (χ2v) is 7.15. The summed E-state index contributed by atoms with van der Waals surface area (Å²) >= 11 is 1.95. The number of nitrogens with one attached hydrogen (secondary N) is 1. The van der Waals surface area contributed by atoms with Crippen LogP contribution in [-0.2, 0) is 5.75 Å². The fourth-order valence-corrected chi connectivity index (χ4v) is 4.43. The van der Waals surface area contributed by atoms with Gasteiger partial charge in [0.1, 0.15) is 5.58 Å². The highest BCUT2D eigenvalue weighted by molar-refractivity contribution is 7.99. The molecule has 1 N–H and O–H groups in total. The third kappa shape index (κ3) is 3.73. The summed E-state index contributed by atoms with van der Waals surface area (Å²) in [5.41, 5.74) is 1.75. The van der Waals surface area contributed by atoms with E-state index in [1.165, 1.54) is 32.1 Å². The van der Waals surface area contributed by atoms with Crippen LogP contribution < -0.4 is 5.32 Å². The van der Waals surface area contributed by atoms with Gasteiger partial charge in [-0.15, -0.1) is 6.42 Å². The molecule has 1 fully saturated rings. The molecule has 0 unspecified atom stereocenters. The monoisotopic (exact) mass is 327 g/mol. The van der Waals surface area contributed by atoms with Crippen molar-refractivity contribution in [3.05, 3.63) is 35.6 Å². The normalized spacial score (nSPS) is 15.4. The Morgan fingerprint density at radius 3 is 2.87 bits per heavy atom. The summed E-state index contributed by atoms with van der Waals surface area (Å²) in [5, 5.41) is 4.43. The lowest BCUT2D eigenvalue weighted by Crippen LogP contribution is -2.24. The lowest BCUT2D eigenvalue weighted by atomic mass is 10.0. The van der Waals surface area contributed by atoms with Gasteiger partial charge in [-0.3, -0.25) is 4.79 Å². The Morgan fingerprint density at radius 1 is 1.30 bits per heavy atom. The molecule has 1 amide bonds. The SMILES string of the molecule is C#CCNC(=O)c1oc2ccccc2c1CSC1CCCCC1. The molecule has 0 spiro atoms. The number of para-hydroxylation sites is 1. The summed E-state index contributed by atoms with van der Waals surface area (Å²) in [6, 6.07) is 7.83. The van der Waals surface area contributed by atoms with Gasteiger partial charge in [0.15, 0.2) is 5.76 Å². The number of carbonyl (C=O) groups excluding carboxylic acids is 1. The minimum atomic E-state index is -0.224. The Morgan fingerprint density at radius 2 is 2.09 bits per heavy atom. The van der Waals surface area contributed by atoms with E-state index in [2.05, 4.69) is 11.2 Å². The summed E-state index contributed by atoms with van der Waals surface area (Å²) in [7, 11) is 0. The Hall–Kier alpha value is -1.86. The van der Waals surface area contributed by atoms with Gasteiger partial charge in [0.25, 0.3) is 5.91 Å². The molecule has 120 valence electrons. The molecule has 2 aromatic rings. The maximum absolute atomic E-state index is 12.3. The first kappa shape index (κ1) is 16.0. The predicted molar refractivity (Wildman–Crippen MR) is 95.5 cm³/mol. The quantitative estimate of drug-likeness (QED) is 0.830. The summed E-state index contributed by atoms with van der Waals surface area (Å²) in [6.45, 7) is 0.213. The van der Waals surface area contributed by atoms with Gasteiger partial charge in [-0.05, 0) is 18.9 Å². The number of thioether (sulfide) groups is 1. The molecule has 1 aliphatic rings. The number of fused-ring (bicyclic) bond motifs is 1. The number of hydrogen-bond acceptors (Lipinski definition) is 3. The van der Waals surface area contributed by atoms with Crippen molar-refractivity contribution in [1.29, 1.82) is 0 Å². The number of carbonyl (C=O) groups is 1. The zero-order valence-corrected chi connectivity index (χ0v) is 14.0. The number of hydrogen-bond donors (Lipinski definition) is 1. The van der Waals surface area contributed by atoms with Crippen LogP contribution in [0, 0.1) is 12.3 Å². The van der Waals surface area contributed by atoms with E-state index in [1.807, 2.05) is 36.0 Å². The van der Waals surface area contributed by atoms with Crippen LogP contribution in [-0.4, -0.2) is 17.7 Å². The molecule has 1 aromatic heterocycles. The Balaban J connectivity index is 1.83. The molecule has 0 aliphatic heterocycles. The third-order valence-corrected chi connectivity index (χ3v) is 5.67. The maximum atomic E-state index is 12.3. The molecule has 0 saturated heterocycles. The molecule has 1 heterocycles. The fraction of sp³-hybridized carbons (Fsp3) is 0.421. The van der Waals surface area contributed by atoms with Crippen LogP contribution in [0.5, 0.6) is 0 Å². The van der Waals surface area contributed by atoms with Crippen molar-refractivity contribution < 1.29 is 9.21 Å². The van der Waals surface area contributed by atoms with Crippen molar-refractivity contribution in [2.45, 2.75) is 43.1 Å². The molecule has 23 heavy (non-hydrogen) atoms. The van der Waals surface area contributed by atoms with E-state index >= 15 is 0 Å². The first-order chi connectivity index (χ1) is 11.3. The molecule has 3 nitrogen and oxygen atoms in total. The topological polar surface area (TPSA) is 42.2 Å². The predicted octanol–water partition coefficient (Wildman–Crippen LogP) is 4.36. The molecule has 3 rings (SSSR count). The van der Waals surface area contributed by atoms with Crippen LogP contribution >= 0.6 is 11.8 Å². The van der Waals surface area contributed by atoms with Gasteiger partial charge in [0.05, 0.1) is 6.54 Å². The van der Waals surface area contributed by atoms with E-state index in [4.69, 9.17) is 10.8 Å². The van der Waals surface area contributed by atoms with E-state index in [-0.39, 0.29) is 12.5 Å². The minimum Gasteiger partial charge on any atom is -0.451 e. The van der Waals surface area contributed by atoms with Gasteiger partial charge >= 0.3 is 0 Å². The average Bonchev–Trinajstić information content (AvgIpc) is 2.97. The third-order valence-electron chi connectivity index (χ3n) is 4.27. The lowest BCUT2D eigenvalue weighted by molar-refractivity contribution is 0.0932. The van der Waals surface area contributed by atoms with Crippen LogP contribution in [0.3, 0.4) is 0 Å². The summed E-state index contributed by atoms with van der Waals surface area (Å²) in [4.78, 5) is 12.3. The first-order valence-corrected chi connectivity index (χ1v) is 9.18. The van der Waals surface area contributed by atoms with Gasteiger partial charge in [-0.1, -0.05) is 43.4 Å². The van der Waals surface area contributed by atoms with Crippen LogP contribution in [0.2, 0.25) is 0 Å². The van der Waals surface area contributed by atoms with Gasteiger partial charge in [-0.2, -0.15) is 11.8 Å². The molecule has 0 bridgehead atoms. The highest BCUT2D eigenvalue weighted by Gasteiger charge is 2.22. The Kier molecular flexibility index (Phi) is 5.30. The minimum absolute atomic E-state index is 0.213. The van der Waals surface area contributed by atoms with Gasteiger partial charge < -0.3 is 9.73 Å². The maximum Gasteiger partial charge on any atom is 0.288 e. The van der Waals surface area contributed by atoms with Crippen LogP contribution in [0.4, 0.5) is 0 Å². The van der Waals surface area contributed by atoms with Crippen molar-refractivity contribution in [3.63, 3.8) is 0 Å². The van der Waals surface area contributed by atoms with E-state index < -0.39 is 0 Å². The number of furan rings is 1. The highest BCUT2D eigenvalue weighted by Crippen LogP contribution is 2.34. The van der Waals surface area contributed by atoms with Gasteiger partial charge in [-0.25, -0.2) is 0 Å². The van der Waals surface area contributed by atoms with E-state index in [1.54, 1.807) is 0 Å². The van der Waals surface area contributed by atoms with Crippen molar-refractivity contribution in [3.8, 4) is 12.3 Å². The molecule has 4 heteroatoms. The number of benzene rings is 1. The van der Waals surface area contributed by atoms with E-state index in [9.17, 15) is 4.79 Å². The summed E-state index contributed by atoms with van der Waals surface area (Å²) in [6.07, 6.45) is 11.8. The zero-order chi connectivity index (χ0) is 16.1. The molecule has 0 radical (unpaired) electrons. The Bertz CT molecular complexity index is 723. The average molecular weight is 327 g/mol. The fourth-order valence-electron chi connectivity index (χ4n) is 3.07. The van der Waals surface area contributed by atoms with E-state index in [0.29, 0.717) is 11.0 Å². The number of terminal acetylenes is 1. The molecule has 1 aromatic carbocycles. The second-order valence-electron chi connectivity index (χ2n) is 5.86.